The van der Waals surface area contributed by atoms with Crippen LogP contribution in [-0.2, 0) is 4.79 Å². The Hall–Kier alpha value is -3.47. The van der Waals surface area contributed by atoms with Gasteiger partial charge in [-0.3, -0.25) is 9.69 Å². The van der Waals surface area contributed by atoms with Crippen molar-refractivity contribution in [3.8, 4) is 16.9 Å². The van der Waals surface area contributed by atoms with Crippen LogP contribution >= 0.6 is 11.3 Å². The van der Waals surface area contributed by atoms with Crippen molar-refractivity contribution in [2.75, 3.05) is 36.5 Å². The van der Waals surface area contributed by atoms with E-state index < -0.39 is 17.4 Å². The van der Waals surface area contributed by atoms with Gasteiger partial charge in [0.15, 0.2) is 5.13 Å². The first-order chi connectivity index (χ1) is 15.8. The molecular weight excluding hydrogens is 444 g/mol. The minimum atomic E-state index is -0.760. The third-order valence-electron chi connectivity index (χ3n) is 6.13. The maximum atomic E-state index is 11.7. The minimum Gasteiger partial charge on any atom is -0.496 e. The number of carbonyl (C=O) groups excluding carboxylic acids is 1. The molecule has 2 aromatic heterocycles. The van der Waals surface area contributed by atoms with E-state index in [1.807, 2.05) is 24.0 Å². The lowest BCUT2D eigenvalue weighted by atomic mass is 9.80. The highest BCUT2D eigenvalue weighted by molar-refractivity contribution is 7.22. The first kappa shape index (κ1) is 22.7. The Balaban J connectivity index is 1.61. The summed E-state index contributed by atoms with van der Waals surface area (Å²) in [6.07, 6.45) is 4.55. The van der Waals surface area contributed by atoms with E-state index in [9.17, 15) is 14.7 Å². The van der Waals surface area contributed by atoms with Crippen LogP contribution in [0.5, 0.6) is 5.75 Å². The van der Waals surface area contributed by atoms with Crippen molar-refractivity contribution in [3.63, 3.8) is 0 Å². The van der Waals surface area contributed by atoms with Crippen LogP contribution in [0.1, 0.15) is 26.7 Å². The van der Waals surface area contributed by atoms with Crippen molar-refractivity contribution in [3.05, 3.63) is 24.5 Å². The molecule has 33 heavy (non-hydrogen) atoms. The van der Waals surface area contributed by atoms with Crippen molar-refractivity contribution in [2.45, 2.75) is 26.7 Å². The van der Waals surface area contributed by atoms with Gasteiger partial charge in [0.05, 0.1) is 22.7 Å². The van der Waals surface area contributed by atoms with Crippen molar-refractivity contribution in [1.29, 1.82) is 0 Å². The monoisotopic (exact) mass is 470 g/mol. The number of hydrogen-bond acceptors (Lipinski definition) is 8. The Morgan fingerprint density at radius 1 is 1.27 bits per heavy atom. The number of anilines is 2. The van der Waals surface area contributed by atoms with Gasteiger partial charge in [0, 0.05) is 49.2 Å². The van der Waals surface area contributed by atoms with Crippen LogP contribution in [0.15, 0.2) is 24.5 Å². The van der Waals surface area contributed by atoms with Gasteiger partial charge in [-0.2, -0.15) is 0 Å². The number of primary amides is 1. The molecular formula is C22H26N6O4S. The number of carboxylic acid groups (broad SMARTS) is 1. The number of carboxylic acids is 1. The highest BCUT2D eigenvalue weighted by atomic mass is 32.1. The van der Waals surface area contributed by atoms with Crippen LogP contribution in [0, 0.1) is 5.41 Å². The van der Waals surface area contributed by atoms with Crippen LogP contribution in [0.25, 0.3) is 21.3 Å². The normalized spacial score (nSPS) is 15.4. The Morgan fingerprint density at radius 3 is 2.48 bits per heavy atom. The summed E-state index contributed by atoms with van der Waals surface area (Å²) in [4.78, 5) is 40.2. The molecule has 3 heterocycles. The zero-order valence-corrected chi connectivity index (χ0v) is 19.6. The van der Waals surface area contributed by atoms with E-state index in [1.54, 1.807) is 26.4 Å². The number of aromatic nitrogens is 3. The number of fused-ring (bicyclic) bond motifs is 1. The largest absolute Gasteiger partial charge is 0.496 e. The second kappa shape index (κ2) is 8.81. The van der Waals surface area contributed by atoms with Gasteiger partial charge in [-0.1, -0.05) is 11.3 Å². The number of thiazole rings is 1. The average molecular weight is 471 g/mol. The molecule has 11 heteroatoms. The molecule has 1 aromatic carbocycles. The number of hydrogen-bond donors (Lipinski definition) is 2. The predicted octanol–water partition coefficient (Wildman–Crippen LogP) is 3.36. The van der Waals surface area contributed by atoms with E-state index in [2.05, 4.69) is 15.0 Å². The lowest BCUT2D eigenvalue weighted by Gasteiger charge is -2.36. The summed E-state index contributed by atoms with van der Waals surface area (Å²) in [5.74, 6) is 0.456. The molecule has 3 N–H and O–H groups in total. The van der Waals surface area contributed by atoms with Crippen LogP contribution in [0.2, 0.25) is 0 Å². The number of ether oxygens (including phenoxy) is 1. The summed E-state index contributed by atoms with van der Waals surface area (Å²) in [6.45, 7) is 5.23. The van der Waals surface area contributed by atoms with E-state index in [1.165, 1.54) is 16.2 Å². The highest BCUT2D eigenvalue weighted by Crippen LogP contribution is 2.38. The number of benzene rings is 1. The molecule has 1 aliphatic rings. The number of nitrogens with zero attached hydrogens (tertiary/aromatic N) is 5. The molecule has 2 amide bonds. The lowest BCUT2D eigenvalue weighted by Crippen LogP contribution is -2.43. The number of methoxy groups -OCH3 is 1. The van der Waals surface area contributed by atoms with Gasteiger partial charge >= 0.3 is 12.0 Å². The number of nitrogens with two attached hydrogens (primary N) is 1. The molecule has 4 rings (SSSR count). The topological polar surface area (TPSA) is 135 Å². The van der Waals surface area contributed by atoms with Crippen molar-refractivity contribution >= 4 is 44.6 Å². The third-order valence-corrected chi connectivity index (χ3v) is 7.17. The van der Waals surface area contributed by atoms with Gasteiger partial charge in [0.1, 0.15) is 5.75 Å². The smallest absolute Gasteiger partial charge is 0.321 e. The highest BCUT2D eigenvalue weighted by Gasteiger charge is 2.37. The fraction of sp³-hybridized carbons (Fsp3) is 0.409. The molecule has 10 nitrogen and oxygen atoms in total. The molecule has 0 spiro atoms. The molecule has 1 fully saturated rings. The predicted molar refractivity (Wildman–Crippen MR) is 127 cm³/mol. The number of amides is 2. The quantitative estimate of drug-likeness (QED) is 0.560. The fourth-order valence-electron chi connectivity index (χ4n) is 3.88. The summed E-state index contributed by atoms with van der Waals surface area (Å²) in [6, 6.07) is 3.22. The molecule has 0 saturated carbocycles. The van der Waals surface area contributed by atoms with E-state index in [0.717, 1.165) is 21.3 Å². The molecule has 174 valence electrons. The van der Waals surface area contributed by atoms with Crippen LogP contribution in [-0.4, -0.2) is 58.8 Å². The number of urea groups is 1. The number of carbonyl (C=O) groups is 2. The average Bonchev–Trinajstić information content (AvgIpc) is 3.21. The minimum absolute atomic E-state index is 0.427. The Labute approximate surface area is 195 Å². The van der Waals surface area contributed by atoms with Gasteiger partial charge in [-0.25, -0.2) is 19.7 Å². The van der Waals surface area contributed by atoms with E-state index in [0.29, 0.717) is 49.3 Å². The second-order valence-corrected chi connectivity index (χ2v) is 9.23. The standard InChI is InChI=1S/C22H26N6O4S/c1-4-28(19(23)31)21-26-15-9-14(16(32-3)10-17(15)33-21)13-11-24-20(25-12-13)27-7-5-22(2,6-8-27)18(29)30/h9-12H,4-8H2,1-3H3,(H2,23,31)(H,29,30). The van der Waals surface area contributed by atoms with Gasteiger partial charge in [-0.15, -0.1) is 0 Å². The molecule has 0 radical (unpaired) electrons. The van der Waals surface area contributed by atoms with E-state index in [4.69, 9.17) is 10.5 Å². The van der Waals surface area contributed by atoms with Gasteiger partial charge in [0.2, 0.25) is 5.95 Å². The third kappa shape index (κ3) is 4.28. The van der Waals surface area contributed by atoms with Crippen LogP contribution in [0.4, 0.5) is 15.9 Å². The molecule has 0 aliphatic carbocycles. The molecule has 0 bridgehead atoms. The van der Waals surface area contributed by atoms with Crippen LogP contribution in [0.3, 0.4) is 0 Å². The number of piperidine rings is 1. The molecule has 0 atom stereocenters. The first-order valence-electron chi connectivity index (χ1n) is 10.6. The Kier molecular flexibility index (Phi) is 6.07. The second-order valence-electron chi connectivity index (χ2n) is 8.22. The maximum Gasteiger partial charge on any atom is 0.321 e. The van der Waals surface area contributed by atoms with Crippen molar-refractivity contribution in [2.24, 2.45) is 11.1 Å². The zero-order chi connectivity index (χ0) is 23.8. The van der Waals surface area contributed by atoms with Crippen LogP contribution < -0.4 is 20.3 Å². The summed E-state index contributed by atoms with van der Waals surface area (Å²) in [5.41, 5.74) is 7.03. The molecule has 3 aromatic rings. The van der Waals surface area contributed by atoms with Crippen molar-refractivity contribution < 1.29 is 19.4 Å². The summed E-state index contributed by atoms with van der Waals surface area (Å²) < 4.78 is 6.47. The lowest BCUT2D eigenvalue weighted by molar-refractivity contribution is -0.149. The van der Waals surface area contributed by atoms with Crippen molar-refractivity contribution in [1.82, 2.24) is 15.0 Å². The maximum absolute atomic E-state index is 11.7. The van der Waals surface area contributed by atoms with Gasteiger partial charge in [-0.05, 0) is 32.8 Å². The number of aliphatic carboxylic acids is 1. The van der Waals surface area contributed by atoms with E-state index in [-0.39, 0.29) is 0 Å². The first-order valence-corrected chi connectivity index (χ1v) is 11.4. The summed E-state index contributed by atoms with van der Waals surface area (Å²) >= 11 is 1.37. The molecule has 0 unspecified atom stereocenters. The zero-order valence-electron chi connectivity index (χ0n) is 18.7. The Morgan fingerprint density at radius 2 is 1.94 bits per heavy atom. The van der Waals surface area contributed by atoms with E-state index >= 15 is 0 Å². The summed E-state index contributed by atoms with van der Waals surface area (Å²) in [7, 11) is 1.59. The molecule has 1 aliphatic heterocycles. The SMILES string of the molecule is CCN(C(N)=O)c1nc2cc(-c3cnc(N4CCC(C)(C(=O)O)CC4)nc3)c(OC)cc2s1. The number of rotatable bonds is 6. The Bertz CT molecular complexity index is 1190. The fourth-order valence-corrected chi connectivity index (χ4v) is 4.92. The van der Waals surface area contributed by atoms with Gasteiger partial charge < -0.3 is 20.5 Å². The molecule has 1 saturated heterocycles. The van der Waals surface area contributed by atoms with Gasteiger partial charge in [0.25, 0.3) is 0 Å². The summed E-state index contributed by atoms with van der Waals surface area (Å²) in [5, 5.41) is 9.95.